The van der Waals surface area contributed by atoms with E-state index < -0.39 is 11.4 Å². The number of hydrogen-bond donors (Lipinski definition) is 0. The van der Waals surface area contributed by atoms with Crippen molar-refractivity contribution in [3.63, 3.8) is 0 Å². The largest absolute Gasteiger partial charge is 0.468 e. The fourth-order valence-electron chi connectivity index (χ4n) is 1.61. The van der Waals surface area contributed by atoms with Crippen molar-refractivity contribution in [2.24, 2.45) is 5.41 Å². The zero-order valence-electron chi connectivity index (χ0n) is 8.87. The first-order valence-electron chi connectivity index (χ1n) is 4.72. The summed E-state index contributed by atoms with van der Waals surface area (Å²) in [5.74, 6) is 0.154. The second-order valence-electron chi connectivity index (χ2n) is 3.69. The average Bonchev–Trinajstić information content (AvgIpc) is 2.57. The van der Waals surface area contributed by atoms with Crippen LogP contribution in [0.1, 0.15) is 19.8 Å². The van der Waals surface area contributed by atoms with E-state index in [1.165, 1.54) is 25.8 Å². The quantitative estimate of drug-likeness (QED) is 0.529. The maximum Gasteiger partial charge on any atom is 0.320 e. The average molecular weight is 230 g/mol. The molecule has 5 heteroatoms. The van der Waals surface area contributed by atoms with Crippen LogP contribution in [-0.4, -0.2) is 36.2 Å². The van der Waals surface area contributed by atoms with Gasteiger partial charge in [0.25, 0.3) is 0 Å². The first-order valence-corrected chi connectivity index (χ1v) is 5.87. The van der Waals surface area contributed by atoms with E-state index in [9.17, 15) is 14.4 Å². The van der Waals surface area contributed by atoms with Gasteiger partial charge in [0.05, 0.1) is 12.9 Å². The summed E-state index contributed by atoms with van der Waals surface area (Å²) in [4.78, 5) is 34.2. The van der Waals surface area contributed by atoms with Crippen LogP contribution in [0.5, 0.6) is 0 Å². The van der Waals surface area contributed by atoms with E-state index in [0.29, 0.717) is 11.5 Å². The van der Waals surface area contributed by atoms with Crippen molar-refractivity contribution in [2.75, 3.05) is 18.6 Å². The number of ether oxygens (including phenoxy) is 1. The van der Waals surface area contributed by atoms with E-state index in [4.69, 9.17) is 0 Å². The molecule has 84 valence electrons. The minimum Gasteiger partial charge on any atom is -0.468 e. The molecule has 0 aromatic rings. The van der Waals surface area contributed by atoms with Gasteiger partial charge in [0.2, 0.25) is 0 Å². The van der Waals surface area contributed by atoms with E-state index in [1.54, 1.807) is 0 Å². The molecule has 15 heavy (non-hydrogen) atoms. The Morgan fingerprint density at radius 2 is 2.20 bits per heavy atom. The molecule has 0 N–H and O–H groups in total. The lowest BCUT2D eigenvalue weighted by Gasteiger charge is -2.22. The summed E-state index contributed by atoms with van der Waals surface area (Å²) in [6.07, 6.45) is 0.530. The fourth-order valence-corrected chi connectivity index (χ4v) is 2.94. The molecule has 1 fully saturated rings. The normalized spacial score (nSPS) is 25.3. The molecule has 1 aliphatic rings. The number of rotatable bonds is 4. The number of hydrogen-bond acceptors (Lipinski definition) is 5. The SMILES string of the molecule is COC(=O)C1(CCC(C)=O)CSCC1=O. The third-order valence-corrected chi connectivity index (χ3v) is 3.76. The molecule has 4 nitrogen and oxygen atoms in total. The number of methoxy groups -OCH3 is 1. The predicted octanol–water partition coefficient (Wildman–Crippen LogP) is 0.831. The summed E-state index contributed by atoms with van der Waals surface area (Å²) in [6.45, 7) is 1.46. The van der Waals surface area contributed by atoms with Gasteiger partial charge in [0.1, 0.15) is 11.2 Å². The van der Waals surface area contributed by atoms with Crippen LogP contribution in [0.4, 0.5) is 0 Å². The van der Waals surface area contributed by atoms with Crippen molar-refractivity contribution in [3.8, 4) is 0 Å². The van der Waals surface area contributed by atoms with Gasteiger partial charge in [0.15, 0.2) is 5.78 Å². The van der Waals surface area contributed by atoms with Crippen LogP contribution in [0.15, 0.2) is 0 Å². The molecule has 0 spiro atoms. The van der Waals surface area contributed by atoms with Crippen LogP contribution in [0.2, 0.25) is 0 Å². The van der Waals surface area contributed by atoms with E-state index >= 15 is 0 Å². The number of carbonyl (C=O) groups excluding carboxylic acids is 3. The molecule has 0 aromatic heterocycles. The molecular formula is C10H14O4S. The Morgan fingerprint density at radius 3 is 2.60 bits per heavy atom. The maximum atomic E-state index is 11.7. The molecule has 1 aliphatic heterocycles. The van der Waals surface area contributed by atoms with Gasteiger partial charge in [-0.3, -0.25) is 9.59 Å². The van der Waals surface area contributed by atoms with Crippen LogP contribution in [-0.2, 0) is 19.1 Å². The molecule has 0 bridgehead atoms. The highest BCUT2D eigenvalue weighted by molar-refractivity contribution is 8.00. The number of Topliss-reactive ketones (excluding diaryl/α,β-unsaturated/α-hetero) is 2. The van der Waals surface area contributed by atoms with Gasteiger partial charge in [-0.15, -0.1) is 0 Å². The number of ketones is 2. The lowest BCUT2D eigenvalue weighted by atomic mass is 9.81. The minimum atomic E-state index is -1.06. The Bertz CT molecular complexity index is 300. The smallest absolute Gasteiger partial charge is 0.320 e. The standard InChI is InChI=1S/C10H14O4S/c1-7(11)3-4-10(9(13)14-2)6-15-5-8(10)12/h3-6H2,1-2H3. The van der Waals surface area contributed by atoms with Gasteiger partial charge in [-0.25, -0.2) is 0 Å². The maximum absolute atomic E-state index is 11.7. The summed E-state index contributed by atoms with van der Waals surface area (Å²) < 4.78 is 4.66. The topological polar surface area (TPSA) is 60.4 Å². The van der Waals surface area contributed by atoms with Crippen LogP contribution < -0.4 is 0 Å². The van der Waals surface area contributed by atoms with Gasteiger partial charge in [0, 0.05) is 12.2 Å². The highest BCUT2D eigenvalue weighted by atomic mass is 32.2. The Labute approximate surface area is 92.7 Å². The van der Waals surface area contributed by atoms with Gasteiger partial charge in [-0.1, -0.05) is 0 Å². The van der Waals surface area contributed by atoms with Crippen LogP contribution >= 0.6 is 11.8 Å². The molecule has 0 aromatic carbocycles. The summed E-state index contributed by atoms with van der Waals surface area (Å²) >= 11 is 1.42. The molecule has 1 heterocycles. The number of thioether (sulfide) groups is 1. The van der Waals surface area contributed by atoms with Crippen LogP contribution in [0, 0.1) is 5.41 Å². The van der Waals surface area contributed by atoms with Gasteiger partial charge < -0.3 is 9.53 Å². The van der Waals surface area contributed by atoms with Gasteiger partial charge >= 0.3 is 5.97 Å². The second-order valence-corrected chi connectivity index (χ2v) is 4.68. The summed E-state index contributed by atoms with van der Waals surface area (Å²) in [7, 11) is 1.27. The van der Waals surface area contributed by atoms with Crippen molar-refractivity contribution < 1.29 is 19.1 Å². The third kappa shape index (κ3) is 2.40. The molecule has 1 rings (SSSR count). The molecule has 0 aliphatic carbocycles. The van der Waals surface area contributed by atoms with E-state index in [2.05, 4.69) is 4.74 Å². The Morgan fingerprint density at radius 1 is 1.53 bits per heavy atom. The van der Waals surface area contributed by atoms with Gasteiger partial charge in [-0.2, -0.15) is 11.8 Å². The summed E-state index contributed by atoms with van der Waals surface area (Å²) in [5, 5.41) is 0. The first kappa shape index (κ1) is 12.2. The van der Waals surface area contributed by atoms with E-state index in [-0.39, 0.29) is 24.4 Å². The monoisotopic (exact) mass is 230 g/mol. The van der Waals surface area contributed by atoms with Crippen molar-refractivity contribution >= 4 is 29.3 Å². The molecule has 1 atom stereocenters. The molecule has 1 unspecified atom stereocenters. The van der Waals surface area contributed by atoms with Crippen molar-refractivity contribution in [2.45, 2.75) is 19.8 Å². The molecule has 0 radical (unpaired) electrons. The third-order valence-electron chi connectivity index (χ3n) is 2.60. The Balaban J connectivity index is 2.81. The lowest BCUT2D eigenvalue weighted by Crippen LogP contribution is -2.39. The minimum absolute atomic E-state index is 0.0111. The van der Waals surface area contributed by atoms with Gasteiger partial charge in [-0.05, 0) is 13.3 Å². The molecule has 0 amide bonds. The van der Waals surface area contributed by atoms with Crippen molar-refractivity contribution in [1.82, 2.24) is 0 Å². The molecule has 1 saturated heterocycles. The predicted molar refractivity (Wildman–Crippen MR) is 56.7 cm³/mol. The molecular weight excluding hydrogens is 216 g/mol. The van der Waals surface area contributed by atoms with Crippen LogP contribution in [0.3, 0.4) is 0 Å². The highest BCUT2D eigenvalue weighted by Gasteiger charge is 2.49. The van der Waals surface area contributed by atoms with Crippen LogP contribution in [0.25, 0.3) is 0 Å². The molecule has 0 saturated carbocycles. The second kappa shape index (κ2) is 4.79. The zero-order chi connectivity index (χ0) is 11.5. The fraction of sp³-hybridized carbons (Fsp3) is 0.700. The number of esters is 1. The zero-order valence-corrected chi connectivity index (χ0v) is 9.69. The lowest BCUT2D eigenvalue weighted by molar-refractivity contribution is -0.155. The van der Waals surface area contributed by atoms with Crippen molar-refractivity contribution in [3.05, 3.63) is 0 Å². The van der Waals surface area contributed by atoms with Crippen molar-refractivity contribution in [1.29, 1.82) is 0 Å². The highest BCUT2D eigenvalue weighted by Crippen LogP contribution is 2.38. The van der Waals surface area contributed by atoms with E-state index in [1.807, 2.05) is 0 Å². The Kier molecular flexibility index (Phi) is 3.90. The van der Waals surface area contributed by atoms with E-state index in [0.717, 1.165) is 0 Å². The summed E-state index contributed by atoms with van der Waals surface area (Å²) in [5.41, 5.74) is -1.06. The Hall–Kier alpha value is -0.840. The summed E-state index contributed by atoms with van der Waals surface area (Å²) in [6, 6.07) is 0. The number of carbonyl (C=O) groups is 3. The first-order chi connectivity index (χ1) is 7.03.